The smallest absolute Gasteiger partial charge is 0.227 e. The molecule has 168 valence electrons. The number of nitrogens with zero attached hydrogens (tertiary/aromatic N) is 4. The first-order chi connectivity index (χ1) is 15.9. The molecule has 9 heteroatoms. The molecule has 0 saturated carbocycles. The largest absolute Gasteiger partial charge is 0.383 e. The molecule has 1 spiro atoms. The highest BCUT2D eigenvalue weighted by Gasteiger charge is 2.46. The predicted molar refractivity (Wildman–Crippen MR) is 133 cm³/mol. The number of terminal acetylenes is 1. The Morgan fingerprint density at radius 1 is 1.12 bits per heavy atom. The van der Waals surface area contributed by atoms with Crippen LogP contribution in [0.25, 0.3) is 0 Å². The number of nitrogen functional groups attached to an aromatic ring is 2. The van der Waals surface area contributed by atoms with E-state index in [9.17, 15) is 0 Å². The van der Waals surface area contributed by atoms with Gasteiger partial charge in [-0.25, -0.2) is 9.97 Å². The summed E-state index contributed by atoms with van der Waals surface area (Å²) in [6.07, 6.45) is 11.8. The van der Waals surface area contributed by atoms with E-state index in [1.807, 2.05) is 6.07 Å². The van der Waals surface area contributed by atoms with E-state index in [2.05, 4.69) is 37.9 Å². The van der Waals surface area contributed by atoms with E-state index in [0.29, 0.717) is 16.8 Å². The van der Waals surface area contributed by atoms with Gasteiger partial charge in [0.15, 0.2) is 0 Å². The second-order valence-corrected chi connectivity index (χ2v) is 10.1. The Labute approximate surface area is 202 Å². The molecular weight excluding hydrogens is 454 g/mol. The molecule has 2 aliphatic rings. The maximum atomic E-state index is 6.74. The van der Waals surface area contributed by atoms with Gasteiger partial charge in [-0.05, 0) is 54.0 Å². The fourth-order valence-electron chi connectivity index (χ4n) is 4.84. The number of halogens is 1. The molecule has 0 unspecified atom stereocenters. The lowest BCUT2D eigenvalue weighted by Crippen LogP contribution is -2.45. The molecule has 6 N–H and O–H groups in total. The number of pyridine rings is 1. The van der Waals surface area contributed by atoms with Crippen LogP contribution in [-0.2, 0) is 6.42 Å². The Hall–Kier alpha value is -2.99. The minimum Gasteiger partial charge on any atom is -0.383 e. The molecule has 7 nitrogen and oxygen atoms in total. The summed E-state index contributed by atoms with van der Waals surface area (Å²) in [6.45, 7) is 1.64. The third kappa shape index (κ3) is 3.86. The van der Waals surface area contributed by atoms with Gasteiger partial charge in [0.05, 0.1) is 9.92 Å². The zero-order chi connectivity index (χ0) is 23.2. The first kappa shape index (κ1) is 21.8. The van der Waals surface area contributed by atoms with E-state index in [0.717, 1.165) is 47.7 Å². The lowest BCUT2D eigenvalue weighted by Gasteiger charge is -2.42. The number of hydrogen-bond acceptors (Lipinski definition) is 8. The van der Waals surface area contributed by atoms with E-state index in [-0.39, 0.29) is 17.3 Å². The van der Waals surface area contributed by atoms with E-state index in [1.165, 1.54) is 22.9 Å². The standard InChI is InChI=1S/C24H24ClN7S/c1-2-14-3-4-15-12-24(20(26)16(15)11-14)6-9-32(10-7-24)23-30-13-18(21(27)31-23)33-17-5-8-29-22(28)19(17)25/h1,3-5,8,11,13,20H,6-7,9-10,12,26H2,(H2,28,29)(H2,27,30,31)/t20-/m1/s1. The van der Waals surface area contributed by atoms with Crippen molar-refractivity contribution in [3.63, 3.8) is 0 Å². The van der Waals surface area contributed by atoms with Gasteiger partial charge in [-0.2, -0.15) is 4.98 Å². The highest BCUT2D eigenvalue weighted by atomic mass is 35.5. The van der Waals surface area contributed by atoms with Crippen molar-refractivity contribution in [3.8, 4) is 12.3 Å². The topological polar surface area (TPSA) is 120 Å². The zero-order valence-electron chi connectivity index (χ0n) is 18.0. The molecule has 0 amide bonds. The summed E-state index contributed by atoms with van der Waals surface area (Å²) in [5.74, 6) is 4.03. The monoisotopic (exact) mass is 477 g/mol. The highest BCUT2D eigenvalue weighted by molar-refractivity contribution is 7.99. The van der Waals surface area contributed by atoms with Gasteiger partial charge in [0, 0.05) is 42.0 Å². The van der Waals surface area contributed by atoms with E-state index in [1.54, 1.807) is 18.5 Å². The SMILES string of the molecule is C#Cc1ccc2c(c1)[C@@H](N)C1(CCN(c3ncc(Sc4ccnc(N)c4Cl)c(N)n3)CC1)C2. The number of aromatic nitrogens is 3. The number of rotatable bonds is 3. The minimum atomic E-state index is -0.00902. The summed E-state index contributed by atoms with van der Waals surface area (Å²) < 4.78 is 0. The second-order valence-electron chi connectivity index (χ2n) is 8.59. The summed E-state index contributed by atoms with van der Waals surface area (Å²) in [4.78, 5) is 16.8. The van der Waals surface area contributed by atoms with Gasteiger partial charge >= 0.3 is 0 Å². The molecule has 1 atom stereocenters. The number of benzene rings is 1. The first-order valence-electron chi connectivity index (χ1n) is 10.7. The van der Waals surface area contributed by atoms with Crippen LogP contribution in [-0.4, -0.2) is 28.0 Å². The van der Waals surface area contributed by atoms with Gasteiger partial charge in [0.1, 0.15) is 11.6 Å². The number of piperidine rings is 1. The Bertz CT molecular complexity index is 1260. The van der Waals surface area contributed by atoms with Crippen LogP contribution in [0.2, 0.25) is 5.02 Å². The molecule has 0 bridgehead atoms. The lowest BCUT2D eigenvalue weighted by molar-refractivity contribution is 0.187. The molecule has 2 aromatic heterocycles. The zero-order valence-corrected chi connectivity index (χ0v) is 19.5. The Kier molecular flexibility index (Phi) is 5.57. The van der Waals surface area contributed by atoms with Crippen LogP contribution in [0, 0.1) is 17.8 Å². The van der Waals surface area contributed by atoms with Crippen LogP contribution in [0.3, 0.4) is 0 Å². The van der Waals surface area contributed by atoms with Crippen LogP contribution in [0.5, 0.6) is 0 Å². The molecule has 33 heavy (non-hydrogen) atoms. The minimum absolute atomic E-state index is 0.00902. The lowest BCUT2D eigenvalue weighted by atomic mass is 9.73. The molecule has 1 fully saturated rings. The molecule has 0 radical (unpaired) electrons. The molecular formula is C24H24ClN7S. The molecule has 1 aromatic carbocycles. The molecule has 3 aromatic rings. The number of fused-ring (bicyclic) bond motifs is 1. The summed E-state index contributed by atoms with van der Waals surface area (Å²) in [5.41, 5.74) is 22.2. The number of anilines is 3. The Morgan fingerprint density at radius 3 is 2.64 bits per heavy atom. The molecule has 1 aliphatic heterocycles. The van der Waals surface area contributed by atoms with Gasteiger partial charge in [-0.15, -0.1) is 6.42 Å². The van der Waals surface area contributed by atoms with Crippen LogP contribution >= 0.6 is 23.4 Å². The fraction of sp³-hybridized carbons (Fsp3) is 0.292. The van der Waals surface area contributed by atoms with Gasteiger partial charge in [0.25, 0.3) is 0 Å². The Balaban J connectivity index is 1.29. The molecule has 3 heterocycles. The van der Waals surface area contributed by atoms with Gasteiger partial charge in [0.2, 0.25) is 5.95 Å². The maximum absolute atomic E-state index is 6.74. The molecule has 5 rings (SSSR count). The van der Waals surface area contributed by atoms with E-state index >= 15 is 0 Å². The van der Waals surface area contributed by atoms with Crippen molar-refractivity contribution in [2.24, 2.45) is 11.1 Å². The summed E-state index contributed by atoms with van der Waals surface area (Å²) in [7, 11) is 0. The van der Waals surface area contributed by atoms with Crippen LogP contribution in [0.1, 0.15) is 35.6 Å². The van der Waals surface area contributed by atoms with Crippen molar-refractivity contribution in [2.75, 3.05) is 29.5 Å². The van der Waals surface area contributed by atoms with Gasteiger partial charge < -0.3 is 22.1 Å². The first-order valence-corrected chi connectivity index (χ1v) is 11.9. The van der Waals surface area contributed by atoms with E-state index < -0.39 is 0 Å². The number of hydrogen-bond donors (Lipinski definition) is 3. The summed E-state index contributed by atoms with van der Waals surface area (Å²) >= 11 is 7.62. The summed E-state index contributed by atoms with van der Waals surface area (Å²) in [6, 6.07) is 7.99. The third-order valence-corrected chi connectivity index (χ3v) is 8.37. The predicted octanol–water partition coefficient (Wildman–Crippen LogP) is 3.66. The summed E-state index contributed by atoms with van der Waals surface area (Å²) in [5, 5.41) is 0.399. The maximum Gasteiger partial charge on any atom is 0.227 e. The van der Waals surface area contributed by atoms with E-state index in [4.69, 9.17) is 35.2 Å². The third-order valence-electron chi connectivity index (χ3n) is 6.76. The fourth-order valence-corrected chi connectivity index (χ4v) is 5.88. The van der Waals surface area contributed by atoms with Crippen LogP contribution < -0.4 is 22.1 Å². The van der Waals surface area contributed by atoms with Crippen molar-refractivity contribution in [1.82, 2.24) is 15.0 Å². The van der Waals surface area contributed by atoms with Crippen molar-refractivity contribution in [1.29, 1.82) is 0 Å². The quantitative estimate of drug-likeness (QED) is 0.489. The average molecular weight is 478 g/mol. The average Bonchev–Trinajstić information content (AvgIpc) is 3.09. The normalized spacial score (nSPS) is 18.8. The van der Waals surface area contributed by atoms with Crippen LogP contribution in [0.4, 0.5) is 17.6 Å². The molecule has 1 saturated heterocycles. The second kappa shape index (κ2) is 8.41. The number of nitrogens with two attached hydrogens (primary N) is 3. The Morgan fingerprint density at radius 2 is 1.91 bits per heavy atom. The van der Waals surface area contributed by atoms with Crippen molar-refractivity contribution >= 4 is 40.9 Å². The van der Waals surface area contributed by atoms with Crippen molar-refractivity contribution in [2.45, 2.75) is 35.1 Å². The van der Waals surface area contributed by atoms with Crippen molar-refractivity contribution < 1.29 is 0 Å². The van der Waals surface area contributed by atoms with Gasteiger partial charge in [-0.1, -0.05) is 35.3 Å². The highest BCUT2D eigenvalue weighted by Crippen LogP contribution is 2.51. The van der Waals surface area contributed by atoms with Crippen LogP contribution in [0.15, 0.2) is 46.5 Å². The van der Waals surface area contributed by atoms with Gasteiger partial charge in [-0.3, -0.25) is 0 Å². The molecule has 1 aliphatic carbocycles. The van der Waals surface area contributed by atoms with Crippen molar-refractivity contribution in [3.05, 3.63) is 58.4 Å².